The van der Waals surface area contributed by atoms with Crippen LogP contribution in [0.4, 0.5) is 0 Å². The lowest BCUT2D eigenvalue weighted by Gasteiger charge is -2.32. The highest BCUT2D eigenvalue weighted by atomic mass is 15.1. The van der Waals surface area contributed by atoms with Crippen LogP contribution in [0.25, 0.3) is 67.1 Å². The van der Waals surface area contributed by atoms with Gasteiger partial charge in [-0.25, -0.2) is 9.97 Å². The topological polar surface area (TPSA) is 35.6 Å². The van der Waals surface area contributed by atoms with Crippen LogP contribution in [0.3, 0.4) is 0 Å². The summed E-state index contributed by atoms with van der Waals surface area (Å²) in [5.41, 5.74) is 13.9. The maximum absolute atomic E-state index is 5.20. The molecule has 0 bridgehead atoms. The number of hydrogen-bond donors (Lipinski definition) is 0. The highest BCUT2D eigenvalue weighted by molar-refractivity contribution is 6.12. The van der Waals surface area contributed by atoms with E-state index in [2.05, 4.69) is 191 Å². The van der Waals surface area contributed by atoms with Crippen molar-refractivity contribution in [3.63, 3.8) is 0 Å². The molecule has 4 nitrogen and oxygen atoms in total. The van der Waals surface area contributed by atoms with E-state index in [0.717, 1.165) is 39.3 Å². The van der Waals surface area contributed by atoms with E-state index < -0.39 is 5.41 Å². The molecule has 4 heteroatoms. The molecular weight excluding hydrogens is 669 g/mol. The van der Waals surface area contributed by atoms with E-state index in [9.17, 15) is 0 Å². The molecule has 0 saturated carbocycles. The SMILES string of the molecule is c1ccc(-c2cc(-c3cccc(-n4c5ccccc5c5cn6c(c54)C(c4ccccc4)(c4ccccc4)c4ccccc4-6)c3)nc(-c3ccccc3)n2)cc1. The number of fused-ring (bicyclic) bond motifs is 7. The molecule has 0 amide bonds. The Balaban J connectivity index is 1.20. The number of aromatic nitrogens is 4. The maximum atomic E-state index is 5.20. The number of hydrogen-bond acceptors (Lipinski definition) is 2. The maximum Gasteiger partial charge on any atom is 0.160 e. The third kappa shape index (κ3) is 4.71. The molecule has 0 fully saturated rings. The predicted molar refractivity (Wildman–Crippen MR) is 224 cm³/mol. The minimum atomic E-state index is -0.563. The summed E-state index contributed by atoms with van der Waals surface area (Å²) in [4.78, 5) is 10.3. The Labute approximate surface area is 319 Å². The first-order chi connectivity index (χ1) is 27.3. The van der Waals surface area contributed by atoms with Gasteiger partial charge in [-0.1, -0.05) is 170 Å². The molecule has 10 aromatic rings. The van der Waals surface area contributed by atoms with Gasteiger partial charge in [0.1, 0.15) is 0 Å². The third-order valence-electron chi connectivity index (χ3n) is 11.2. The zero-order valence-corrected chi connectivity index (χ0v) is 29.9. The second kappa shape index (κ2) is 12.4. The Morgan fingerprint density at radius 2 is 1.00 bits per heavy atom. The van der Waals surface area contributed by atoms with Crippen molar-refractivity contribution in [1.29, 1.82) is 0 Å². The van der Waals surface area contributed by atoms with E-state index in [0.29, 0.717) is 5.82 Å². The van der Waals surface area contributed by atoms with Crippen LogP contribution < -0.4 is 0 Å². The van der Waals surface area contributed by atoms with Crippen LogP contribution in [-0.2, 0) is 5.41 Å². The number of para-hydroxylation sites is 2. The number of rotatable bonds is 6. The van der Waals surface area contributed by atoms with Gasteiger partial charge in [-0.05, 0) is 47.0 Å². The highest BCUT2D eigenvalue weighted by Gasteiger charge is 2.49. The van der Waals surface area contributed by atoms with E-state index in [1.165, 1.54) is 44.4 Å². The van der Waals surface area contributed by atoms with Crippen LogP contribution in [0, 0.1) is 0 Å². The summed E-state index contributed by atoms with van der Waals surface area (Å²) in [5, 5.41) is 2.44. The molecule has 0 atom stereocenters. The Morgan fingerprint density at radius 1 is 0.436 bits per heavy atom. The first kappa shape index (κ1) is 31.2. The number of benzene rings is 7. The van der Waals surface area contributed by atoms with Crippen LogP contribution >= 0.6 is 0 Å². The Morgan fingerprint density at radius 3 is 1.71 bits per heavy atom. The van der Waals surface area contributed by atoms with Gasteiger partial charge < -0.3 is 9.13 Å². The molecule has 55 heavy (non-hydrogen) atoms. The fourth-order valence-corrected chi connectivity index (χ4v) is 8.88. The van der Waals surface area contributed by atoms with Crippen molar-refractivity contribution >= 4 is 21.8 Å². The van der Waals surface area contributed by atoms with Crippen molar-refractivity contribution in [2.24, 2.45) is 0 Å². The first-order valence-electron chi connectivity index (χ1n) is 18.8. The highest BCUT2D eigenvalue weighted by Crippen LogP contribution is 2.56. The van der Waals surface area contributed by atoms with Crippen LogP contribution in [0.1, 0.15) is 22.4 Å². The fourth-order valence-electron chi connectivity index (χ4n) is 8.88. The molecule has 0 saturated heterocycles. The molecule has 258 valence electrons. The summed E-state index contributed by atoms with van der Waals surface area (Å²) in [6.07, 6.45) is 2.36. The van der Waals surface area contributed by atoms with E-state index in [1.807, 2.05) is 24.3 Å². The normalized spacial score (nSPS) is 12.9. The lowest BCUT2D eigenvalue weighted by atomic mass is 9.68. The molecule has 3 aromatic heterocycles. The molecule has 1 aliphatic heterocycles. The van der Waals surface area contributed by atoms with E-state index in [4.69, 9.17) is 9.97 Å². The summed E-state index contributed by atoms with van der Waals surface area (Å²) in [7, 11) is 0. The van der Waals surface area contributed by atoms with Gasteiger partial charge in [-0.15, -0.1) is 0 Å². The second-order valence-electron chi connectivity index (χ2n) is 14.2. The summed E-state index contributed by atoms with van der Waals surface area (Å²) in [6.45, 7) is 0. The average Bonchev–Trinajstić information content (AvgIpc) is 3.90. The van der Waals surface area contributed by atoms with Crippen LogP contribution in [0.5, 0.6) is 0 Å². The van der Waals surface area contributed by atoms with Crippen molar-refractivity contribution in [2.75, 3.05) is 0 Å². The number of nitrogens with zero attached hydrogens (tertiary/aromatic N) is 4. The zero-order valence-electron chi connectivity index (χ0n) is 29.9. The van der Waals surface area contributed by atoms with Crippen LogP contribution in [0.15, 0.2) is 206 Å². The summed E-state index contributed by atoms with van der Waals surface area (Å²) < 4.78 is 4.93. The summed E-state index contributed by atoms with van der Waals surface area (Å²) >= 11 is 0. The van der Waals surface area contributed by atoms with Gasteiger partial charge in [0.15, 0.2) is 5.82 Å². The molecule has 7 aromatic carbocycles. The van der Waals surface area contributed by atoms with Crippen LogP contribution in [-0.4, -0.2) is 19.1 Å². The molecule has 0 unspecified atom stereocenters. The van der Waals surface area contributed by atoms with Crippen molar-refractivity contribution in [3.05, 3.63) is 229 Å². The smallest absolute Gasteiger partial charge is 0.160 e. The van der Waals surface area contributed by atoms with E-state index in [1.54, 1.807) is 0 Å². The first-order valence-corrected chi connectivity index (χ1v) is 18.8. The van der Waals surface area contributed by atoms with E-state index in [-0.39, 0.29) is 0 Å². The molecule has 11 rings (SSSR count). The minimum absolute atomic E-state index is 0.563. The quantitative estimate of drug-likeness (QED) is 0.173. The van der Waals surface area contributed by atoms with E-state index >= 15 is 0 Å². The van der Waals surface area contributed by atoms with Gasteiger partial charge in [-0.2, -0.15) is 0 Å². The summed E-state index contributed by atoms with van der Waals surface area (Å²) in [6, 6.07) is 71.3. The molecule has 0 radical (unpaired) electrons. The van der Waals surface area contributed by atoms with Crippen molar-refractivity contribution in [3.8, 4) is 45.3 Å². The van der Waals surface area contributed by atoms with Crippen molar-refractivity contribution in [1.82, 2.24) is 19.1 Å². The lowest BCUT2D eigenvalue weighted by Crippen LogP contribution is -2.29. The van der Waals surface area contributed by atoms with Gasteiger partial charge >= 0.3 is 0 Å². The molecule has 0 spiro atoms. The Kier molecular flexibility index (Phi) is 7.04. The Bertz CT molecular complexity index is 2920. The standard InChI is InChI=1S/C51H34N4/c1-5-18-35(19-6-1)44-33-45(53-50(52-44)36-20-7-2-8-21-36)37-22-17-27-40(32-37)55-46-30-15-13-28-41(46)42-34-54-47-31-16-14-29-43(47)51(49(54)48(42)55,38-23-9-3-10-24-38)39-25-11-4-12-26-39/h1-34H. The van der Waals surface area contributed by atoms with Gasteiger partial charge in [0.2, 0.25) is 0 Å². The largest absolute Gasteiger partial charge is 0.316 e. The van der Waals surface area contributed by atoms with Gasteiger partial charge in [0, 0.05) is 39.3 Å². The molecule has 1 aliphatic rings. The molecule has 4 heterocycles. The second-order valence-corrected chi connectivity index (χ2v) is 14.2. The summed E-state index contributed by atoms with van der Waals surface area (Å²) in [5.74, 6) is 0.703. The predicted octanol–water partition coefficient (Wildman–Crippen LogP) is 12.1. The minimum Gasteiger partial charge on any atom is -0.316 e. The third-order valence-corrected chi connectivity index (χ3v) is 11.2. The van der Waals surface area contributed by atoms with Crippen LogP contribution in [0.2, 0.25) is 0 Å². The molecule has 0 aliphatic carbocycles. The molecular formula is C51H34N4. The van der Waals surface area contributed by atoms with Gasteiger partial charge in [0.05, 0.1) is 39.2 Å². The molecule has 0 N–H and O–H groups in total. The fraction of sp³-hybridized carbons (Fsp3) is 0.0196. The van der Waals surface area contributed by atoms with Crippen molar-refractivity contribution in [2.45, 2.75) is 5.41 Å². The van der Waals surface area contributed by atoms with Gasteiger partial charge in [0.25, 0.3) is 0 Å². The average molecular weight is 703 g/mol. The van der Waals surface area contributed by atoms with Gasteiger partial charge in [-0.3, -0.25) is 0 Å². The van der Waals surface area contributed by atoms with Crippen molar-refractivity contribution < 1.29 is 0 Å². The monoisotopic (exact) mass is 702 g/mol. The zero-order chi connectivity index (χ0) is 36.3. The lowest BCUT2D eigenvalue weighted by molar-refractivity contribution is 0.748. The Hall–Kier alpha value is -7.30.